The number of nitrogens with zero attached hydrogens (tertiary/aromatic N) is 3. The Balaban J connectivity index is 2.60. The number of nitro benzene ring substituents is 1. The molecule has 0 aliphatic rings. The van der Waals surface area contributed by atoms with E-state index in [1.807, 2.05) is 0 Å². The van der Waals surface area contributed by atoms with E-state index in [4.69, 9.17) is 10.2 Å². The third-order valence-electron chi connectivity index (χ3n) is 2.82. The van der Waals surface area contributed by atoms with Crippen molar-refractivity contribution >= 4 is 51.3 Å². The third kappa shape index (κ3) is 3.72. The molecule has 0 fully saturated rings. The number of non-ortho nitro benzene ring substituents is 1. The van der Waals surface area contributed by atoms with Crippen LogP contribution in [0.2, 0.25) is 0 Å². The number of rotatable bonds is 7. The van der Waals surface area contributed by atoms with Gasteiger partial charge in [-0.05, 0) is 0 Å². The number of fused-ring (bicyclic) bond motifs is 1. The van der Waals surface area contributed by atoms with Crippen LogP contribution in [0, 0.1) is 10.1 Å². The molecule has 0 saturated heterocycles. The van der Waals surface area contributed by atoms with Crippen molar-refractivity contribution in [3.63, 3.8) is 0 Å². The maximum atomic E-state index is 11.8. The Morgan fingerprint density at radius 2 is 2.04 bits per heavy atom. The molecular weight excluding hydrogens is 461 g/mol. The van der Waals surface area contributed by atoms with Crippen molar-refractivity contribution in [2.45, 2.75) is 6.04 Å². The van der Waals surface area contributed by atoms with E-state index in [1.54, 1.807) is 0 Å². The van der Waals surface area contributed by atoms with E-state index in [0.717, 1.165) is 12.1 Å². The average molecular weight is 471 g/mol. The van der Waals surface area contributed by atoms with E-state index in [1.165, 1.54) is 0 Å². The molecule has 0 aliphatic heterocycles. The summed E-state index contributed by atoms with van der Waals surface area (Å²) in [6, 6.07) is 0.451. The first-order valence-corrected chi connectivity index (χ1v) is 13.6. The van der Waals surface area contributed by atoms with E-state index >= 15 is 0 Å². The number of hydrogen-bond donors (Lipinski definition) is 5. The van der Waals surface area contributed by atoms with Gasteiger partial charge < -0.3 is 0 Å². The number of aromatic nitrogens is 2. The summed E-state index contributed by atoms with van der Waals surface area (Å²) < 4.78 is 18.4. The second-order valence-corrected chi connectivity index (χ2v) is 16.4. The molecule has 0 spiro atoms. The second-order valence-electron chi connectivity index (χ2n) is 4.35. The zero-order chi connectivity index (χ0) is 18.1. The molecule has 1 aromatic carbocycles. The minimum atomic E-state index is -4.80. The molecule has 0 unspecified atom stereocenters. The number of nitro groups is 1. The van der Waals surface area contributed by atoms with E-state index in [9.17, 15) is 29.3 Å². The van der Waals surface area contributed by atoms with Crippen molar-refractivity contribution in [2.75, 3.05) is 6.61 Å². The monoisotopic (exact) mass is 470 g/mol. The molecule has 2 rings (SSSR count). The van der Waals surface area contributed by atoms with Crippen LogP contribution in [0.4, 0.5) is 5.69 Å². The molecule has 5 N–H and O–H groups in total. The van der Waals surface area contributed by atoms with Crippen LogP contribution < -0.4 is 6.99 Å². The number of aliphatic hydroxyl groups is 1. The number of aliphatic hydroxyl groups excluding tert-OH is 1. The fourth-order valence-electron chi connectivity index (χ4n) is 1.77. The van der Waals surface area contributed by atoms with Gasteiger partial charge in [-0.25, -0.2) is 0 Å². The predicted octanol–water partition coefficient (Wildman–Crippen LogP) is -1.96. The Morgan fingerprint density at radius 1 is 1.42 bits per heavy atom. The minimum absolute atomic E-state index is 0.0760. The van der Waals surface area contributed by atoms with Crippen LogP contribution in [0.3, 0.4) is 0 Å². The number of carboxylic acid groups (broad SMARTS) is 1. The first-order chi connectivity index (χ1) is 11.2. The predicted molar refractivity (Wildman–Crippen MR) is 77.5 cm³/mol. The molecule has 1 heterocycles. The van der Waals surface area contributed by atoms with Crippen LogP contribution in [0.15, 0.2) is 16.8 Å². The standard InChI is InChI=1S/C6H2N3O3.C3H6NO3.HO3P.Sb/c10-9(11)5-3-1-2-4-6(5)8-12-7-4;4-2(1-5)3(6)7;1-4(2)3;/h1,3H;2,4-5H,1H2,(H,6,7);(H-,1,2,3);/q;-1;;/p+1/t;2-;;/m.0../s1. The van der Waals surface area contributed by atoms with Crippen LogP contribution >= 0.6 is 5.17 Å². The summed E-state index contributed by atoms with van der Waals surface area (Å²) in [5.41, 5.74) is -1.01. The molecule has 130 valence electrons. The fourth-order valence-corrected chi connectivity index (χ4v) is 11.3. The van der Waals surface area contributed by atoms with Crippen molar-refractivity contribution in [3.05, 3.63) is 22.2 Å². The summed E-state index contributed by atoms with van der Waals surface area (Å²) in [5.74, 6) is -1.50. The molecule has 1 aromatic heterocycles. The molecule has 1 atom stereocenters. The summed E-state index contributed by atoms with van der Waals surface area (Å²) in [6.45, 7) is -0.900. The van der Waals surface area contributed by atoms with E-state index < -0.39 is 54.3 Å². The van der Waals surface area contributed by atoms with E-state index in [2.05, 4.69) is 18.4 Å². The first-order valence-electron chi connectivity index (χ1n) is 6.02. The van der Waals surface area contributed by atoms with Crippen molar-refractivity contribution in [1.82, 2.24) is 13.8 Å². The molecule has 0 amide bonds. The van der Waals surface area contributed by atoms with Crippen LogP contribution in [-0.4, -0.2) is 73.8 Å². The molecule has 13 nitrogen and oxygen atoms in total. The van der Waals surface area contributed by atoms with Gasteiger partial charge in [-0.3, -0.25) is 0 Å². The summed E-state index contributed by atoms with van der Waals surface area (Å²) in [6.07, 6.45) is 0. The van der Waals surface area contributed by atoms with Crippen molar-refractivity contribution in [3.8, 4) is 0 Å². The Morgan fingerprint density at radius 3 is 2.54 bits per heavy atom. The van der Waals surface area contributed by atoms with E-state index in [-0.39, 0.29) is 14.5 Å². The molecule has 2 aromatic rings. The fraction of sp³-hybridized carbons (Fsp3) is 0.222. The van der Waals surface area contributed by atoms with Gasteiger partial charge in [-0.15, -0.1) is 0 Å². The summed E-state index contributed by atoms with van der Waals surface area (Å²) >= 11 is -4.13. The maximum absolute atomic E-state index is 11.8. The molecule has 24 heavy (non-hydrogen) atoms. The van der Waals surface area contributed by atoms with Crippen LogP contribution in [0.5, 0.6) is 0 Å². The molecule has 0 aliphatic carbocycles. The Kier molecular flexibility index (Phi) is 5.53. The van der Waals surface area contributed by atoms with Crippen LogP contribution in [-0.2, 0) is 9.36 Å². The van der Waals surface area contributed by atoms with Gasteiger partial charge in [-0.2, -0.15) is 0 Å². The quantitative estimate of drug-likeness (QED) is 0.129. The van der Waals surface area contributed by atoms with Gasteiger partial charge in [0.15, 0.2) is 0 Å². The van der Waals surface area contributed by atoms with Gasteiger partial charge in [0.25, 0.3) is 0 Å². The van der Waals surface area contributed by atoms with Crippen molar-refractivity contribution in [2.24, 2.45) is 0 Å². The van der Waals surface area contributed by atoms with E-state index in [0.29, 0.717) is 0 Å². The van der Waals surface area contributed by atoms with Gasteiger partial charge in [0, 0.05) is 0 Å². The van der Waals surface area contributed by atoms with Crippen molar-refractivity contribution < 1.29 is 38.9 Å². The topological polar surface area (TPSA) is 209 Å². The summed E-state index contributed by atoms with van der Waals surface area (Å²) in [7, 11) is 0. The van der Waals surface area contributed by atoms with Gasteiger partial charge in [-0.1, -0.05) is 0 Å². The number of carbonyl (C=O) groups is 1. The van der Waals surface area contributed by atoms with Gasteiger partial charge in [0.05, 0.1) is 0 Å². The number of nitrogens with one attached hydrogen (secondary N) is 1. The number of benzene rings is 1. The SMILES string of the molecule is O=C(O)[C@H](CO)[NH][Sb]([c]1ccc([N+](=O)[O-])c2nonc12)[P](=O)(O)O. The molecule has 0 radical (unpaired) electrons. The molecular formula is C9H10N4O9PSb. The molecule has 0 bridgehead atoms. The van der Waals surface area contributed by atoms with Gasteiger partial charge in [0.2, 0.25) is 0 Å². The summed E-state index contributed by atoms with van der Waals surface area (Å²) in [5, 5.41) is 30.9. The van der Waals surface area contributed by atoms with Crippen LogP contribution in [0.1, 0.15) is 0 Å². The second kappa shape index (κ2) is 7.09. The van der Waals surface area contributed by atoms with Gasteiger partial charge in [0.1, 0.15) is 0 Å². The number of hydrogen-bond acceptors (Lipinski definition) is 9. The Bertz CT molecular complexity index is 836. The Labute approximate surface area is 139 Å². The zero-order valence-corrected chi connectivity index (χ0v) is 15.0. The third-order valence-corrected chi connectivity index (χ3v) is 13.9. The van der Waals surface area contributed by atoms with Gasteiger partial charge >= 0.3 is 139 Å². The zero-order valence-electron chi connectivity index (χ0n) is 11.5. The number of carboxylic acids is 1. The summed E-state index contributed by atoms with van der Waals surface area (Å²) in [4.78, 5) is 40.3. The Hall–Kier alpha value is -1.62. The molecule has 0 saturated carbocycles. The number of aliphatic carboxylic acids is 1. The average Bonchev–Trinajstić information content (AvgIpc) is 2.95. The molecule has 15 heteroatoms. The van der Waals surface area contributed by atoms with Crippen LogP contribution in [0.25, 0.3) is 11.0 Å². The first kappa shape index (κ1) is 18.7. The normalized spacial score (nSPS) is 13.3. The van der Waals surface area contributed by atoms with Crippen molar-refractivity contribution in [1.29, 1.82) is 0 Å².